The van der Waals surface area contributed by atoms with Gasteiger partial charge in [-0.1, -0.05) is 44.2 Å². The molecule has 1 rings (SSSR count). The van der Waals surface area contributed by atoms with Gasteiger partial charge in [0.05, 0.1) is 12.5 Å². The van der Waals surface area contributed by atoms with Gasteiger partial charge in [0.15, 0.2) is 0 Å². The van der Waals surface area contributed by atoms with E-state index >= 15 is 0 Å². The van der Waals surface area contributed by atoms with Gasteiger partial charge in [0, 0.05) is 0 Å². The molecule has 1 aromatic rings. The second-order valence-electron chi connectivity index (χ2n) is 4.54. The van der Waals surface area contributed by atoms with Crippen molar-refractivity contribution in [1.82, 2.24) is 0 Å². The average Bonchev–Trinajstić information content (AvgIpc) is 2.42. The number of aliphatic hydroxyl groups excluding tert-OH is 1. The van der Waals surface area contributed by atoms with Crippen LogP contribution < -0.4 is 0 Å². The lowest BCUT2D eigenvalue weighted by atomic mass is 9.89. The molecule has 0 bridgehead atoms. The molecule has 1 N–H and O–H groups in total. The molecule has 2 unspecified atom stereocenters. The van der Waals surface area contributed by atoms with Crippen molar-refractivity contribution in [2.45, 2.75) is 32.6 Å². The molecule has 0 aromatic heterocycles. The average molecular weight is 250 g/mol. The van der Waals surface area contributed by atoms with Crippen molar-refractivity contribution in [2.24, 2.45) is 5.92 Å². The zero-order valence-corrected chi connectivity index (χ0v) is 11.1. The molecule has 0 radical (unpaired) electrons. The van der Waals surface area contributed by atoms with Crippen molar-refractivity contribution in [2.75, 3.05) is 13.2 Å². The summed E-state index contributed by atoms with van der Waals surface area (Å²) in [5.41, 5.74) is 1.24. The van der Waals surface area contributed by atoms with E-state index in [2.05, 4.69) is 19.1 Å². The van der Waals surface area contributed by atoms with Crippen molar-refractivity contribution in [3.8, 4) is 0 Å². The Balaban J connectivity index is 2.55. The largest absolute Gasteiger partial charge is 0.463 e. The second kappa shape index (κ2) is 7.88. The van der Waals surface area contributed by atoms with Crippen LogP contribution in [0.2, 0.25) is 0 Å². The number of carbonyl (C=O) groups is 1. The fourth-order valence-corrected chi connectivity index (χ4v) is 2.04. The fraction of sp³-hybridized carbons (Fsp3) is 0.533. The summed E-state index contributed by atoms with van der Waals surface area (Å²) >= 11 is 0. The van der Waals surface area contributed by atoms with Crippen LogP contribution in [0.15, 0.2) is 30.3 Å². The Morgan fingerprint density at radius 1 is 1.33 bits per heavy atom. The second-order valence-corrected chi connectivity index (χ2v) is 4.54. The maximum atomic E-state index is 11.8. The Hall–Kier alpha value is -1.35. The number of hydrogen-bond donors (Lipinski definition) is 1. The highest BCUT2D eigenvalue weighted by atomic mass is 16.5. The van der Waals surface area contributed by atoms with E-state index in [-0.39, 0.29) is 25.1 Å². The Morgan fingerprint density at radius 3 is 2.56 bits per heavy atom. The Bertz CT molecular complexity index is 348. The maximum absolute atomic E-state index is 11.8. The number of carbonyl (C=O) groups excluding carboxylic acids is 1. The van der Waals surface area contributed by atoms with E-state index in [0.29, 0.717) is 5.92 Å². The van der Waals surface area contributed by atoms with Crippen LogP contribution in [0.1, 0.15) is 38.2 Å². The van der Waals surface area contributed by atoms with Gasteiger partial charge in [-0.15, -0.1) is 0 Å². The van der Waals surface area contributed by atoms with Gasteiger partial charge in [-0.2, -0.15) is 0 Å². The number of aliphatic hydroxyl groups is 1. The van der Waals surface area contributed by atoms with E-state index in [1.165, 1.54) is 5.56 Å². The van der Waals surface area contributed by atoms with E-state index in [9.17, 15) is 4.79 Å². The minimum absolute atomic E-state index is 0.0910. The molecule has 0 aliphatic heterocycles. The molecule has 0 saturated carbocycles. The molecule has 18 heavy (non-hydrogen) atoms. The summed E-state index contributed by atoms with van der Waals surface area (Å²) in [6, 6.07) is 10.2. The van der Waals surface area contributed by atoms with Crippen LogP contribution >= 0.6 is 0 Å². The van der Waals surface area contributed by atoms with Crippen LogP contribution in [-0.2, 0) is 9.53 Å². The highest BCUT2D eigenvalue weighted by Crippen LogP contribution is 2.25. The quantitative estimate of drug-likeness (QED) is 0.757. The predicted octanol–water partition coefficient (Wildman–Crippen LogP) is 2.74. The van der Waals surface area contributed by atoms with Crippen molar-refractivity contribution in [3.63, 3.8) is 0 Å². The van der Waals surface area contributed by atoms with Crippen molar-refractivity contribution >= 4 is 5.97 Å². The molecule has 0 aliphatic rings. The molecule has 2 atom stereocenters. The molecule has 3 nitrogen and oxygen atoms in total. The van der Waals surface area contributed by atoms with Gasteiger partial charge in [-0.25, -0.2) is 0 Å². The smallest absolute Gasteiger partial charge is 0.309 e. The number of hydrogen-bond acceptors (Lipinski definition) is 3. The fourth-order valence-electron chi connectivity index (χ4n) is 2.04. The third-order valence-electron chi connectivity index (χ3n) is 3.17. The first kappa shape index (κ1) is 14.7. The van der Waals surface area contributed by atoms with Crippen molar-refractivity contribution < 1.29 is 14.6 Å². The lowest BCUT2D eigenvalue weighted by molar-refractivity contribution is -0.150. The zero-order chi connectivity index (χ0) is 13.4. The molecule has 3 heteroatoms. The lowest BCUT2D eigenvalue weighted by Crippen LogP contribution is -2.20. The number of esters is 1. The Morgan fingerprint density at radius 2 is 2.00 bits per heavy atom. The van der Waals surface area contributed by atoms with Crippen LogP contribution in [0, 0.1) is 5.92 Å². The summed E-state index contributed by atoms with van der Waals surface area (Å²) in [6.07, 6.45) is 1.55. The van der Waals surface area contributed by atoms with Crippen molar-refractivity contribution in [1.29, 1.82) is 0 Å². The van der Waals surface area contributed by atoms with Crippen LogP contribution in [0.3, 0.4) is 0 Å². The predicted molar refractivity (Wildman–Crippen MR) is 71.3 cm³/mol. The van der Waals surface area contributed by atoms with Crippen LogP contribution in [-0.4, -0.2) is 24.3 Å². The van der Waals surface area contributed by atoms with Crippen LogP contribution in [0.5, 0.6) is 0 Å². The molecule has 0 spiro atoms. The monoisotopic (exact) mass is 250 g/mol. The van der Waals surface area contributed by atoms with E-state index in [1.54, 1.807) is 0 Å². The Labute approximate surface area is 109 Å². The number of rotatable bonds is 7. The molecule has 0 fully saturated rings. The van der Waals surface area contributed by atoms with Gasteiger partial charge < -0.3 is 9.84 Å². The maximum Gasteiger partial charge on any atom is 0.309 e. The first-order chi connectivity index (χ1) is 8.69. The molecular weight excluding hydrogens is 228 g/mol. The summed E-state index contributed by atoms with van der Waals surface area (Å²) in [5, 5.41) is 8.65. The first-order valence-electron chi connectivity index (χ1n) is 6.51. The van der Waals surface area contributed by atoms with Crippen LogP contribution in [0.25, 0.3) is 0 Å². The molecule has 0 aliphatic carbocycles. The molecule has 0 saturated heterocycles. The van der Waals surface area contributed by atoms with Crippen LogP contribution in [0.4, 0.5) is 0 Å². The van der Waals surface area contributed by atoms with E-state index in [1.807, 2.05) is 25.1 Å². The van der Waals surface area contributed by atoms with Gasteiger partial charge >= 0.3 is 5.97 Å². The lowest BCUT2D eigenvalue weighted by Gasteiger charge is -2.18. The molecular formula is C15H22O3. The highest BCUT2D eigenvalue weighted by molar-refractivity contribution is 5.72. The molecule has 0 amide bonds. The Kier molecular flexibility index (Phi) is 6.44. The summed E-state index contributed by atoms with van der Waals surface area (Å²) in [5.74, 6) is 0.0407. The minimum atomic E-state index is -0.200. The van der Waals surface area contributed by atoms with E-state index < -0.39 is 0 Å². The van der Waals surface area contributed by atoms with Gasteiger partial charge in [-0.3, -0.25) is 4.79 Å². The highest BCUT2D eigenvalue weighted by Gasteiger charge is 2.21. The standard InChI is InChI=1S/C15H22O3/c1-3-13(15(17)18-10-9-16)11-12(2)14-7-5-4-6-8-14/h4-8,12-13,16H,3,9-11H2,1-2H3. The van der Waals surface area contributed by atoms with E-state index in [0.717, 1.165) is 12.8 Å². The van der Waals surface area contributed by atoms with Crippen molar-refractivity contribution in [3.05, 3.63) is 35.9 Å². The van der Waals surface area contributed by atoms with Gasteiger partial charge in [-0.05, 0) is 24.3 Å². The number of ether oxygens (including phenoxy) is 1. The summed E-state index contributed by atoms with van der Waals surface area (Å²) in [4.78, 5) is 11.8. The number of benzene rings is 1. The normalized spacial score (nSPS) is 13.9. The third kappa shape index (κ3) is 4.49. The van der Waals surface area contributed by atoms with Gasteiger partial charge in [0.2, 0.25) is 0 Å². The first-order valence-corrected chi connectivity index (χ1v) is 6.51. The summed E-state index contributed by atoms with van der Waals surface area (Å²) in [6.45, 7) is 4.09. The van der Waals surface area contributed by atoms with Gasteiger partial charge in [0.1, 0.15) is 6.61 Å². The molecule has 1 aromatic carbocycles. The topological polar surface area (TPSA) is 46.5 Å². The van der Waals surface area contributed by atoms with E-state index in [4.69, 9.17) is 9.84 Å². The van der Waals surface area contributed by atoms with Gasteiger partial charge in [0.25, 0.3) is 0 Å². The molecule has 100 valence electrons. The summed E-state index contributed by atoms with van der Waals surface area (Å²) < 4.78 is 4.99. The SMILES string of the molecule is CCC(CC(C)c1ccccc1)C(=O)OCCO. The minimum Gasteiger partial charge on any atom is -0.463 e. The third-order valence-corrected chi connectivity index (χ3v) is 3.17. The molecule has 0 heterocycles. The summed E-state index contributed by atoms with van der Waals surface area (Å²) in [7, 11) is 0. The zero-order valence-electron chi connectivity index (χ0n) is 11.1.